The van der Waals surface area contributed by atoms with Crippen LogP contribution in [0.5, 0.6) is 11.5 Å². The van der Waals surface area contributed by atoms with Gasteiger partial charge in [-0.2, -0.15) is 0 Å². The SMILES string of the molecule is COc1ccc(CC(C)N2CCNCC2(C)C)cc1OC. The van der Waals surface area contributed by atoms with Crippen LogP contribution in [0.1, 0.15) is 26.3 Å². The van der Waals surface area contributed by atoms with Crippen molar-refractivity contribution in [2.24, 2.45) is 0 Å². The molecule has 1 unspecified atom stereocenters. The van der Waals surface area contributed by atoms with Gasteiger partial charge in [0.2, 0.25) is 0 Å². The van der Waals surface area contributed by atoms with Crippen molar-refractivity contribution in [1.29, 1.82) is 0 Å². The molecule has 0 amide bonds. The van der Waals surface area contributed by atoms with Gasteiger partial charge in [-0.1, -0.05) is 6.07 Å². The quantitative estimate of drug-likeness (QED) is 0.903. The van der Waals surface area contributed by atoms with Crippen molar-refractivity contribution in [2.45, 2.75) is 38.8 Å². The predicted molar refractivity (Wildman–Crippen MR) is 86.4 cm³/mol. The third-order valence-corrected chi connectivity index (χ3v) is 4.38. The molecule has 21 heavy (non-hydrogen) atoms. The summed E-state index contributed by atoms with van der Waals surface area (Å²) in [6, 6.07) is 6.71. The minimum absolute atomic E-state index is 0.203. The number of rotatable bonds is 5. The number of methoxy groups -OCH3 is 2. The minimum atomic E-state index is 0.203. The van der Waals surface area contributed by atoms with Crippen molar-refractivity contribution in [3.8, 4) is 11.5 Å². The summed E-state index contributed by atoms with van der Waals surface area (Å²) in [4.78, 5) is 2.60. The molecule has 0 radical (unpaired) electrons. The maximum absolute atomic E-state index is 5.40. The molecular weight excluding hydrogens is 264 g/mol. The van der Waals surface area contributed by atoms with Crippen molar-refractivity contribution < 1.29 is 9.47 Å². The first kappa shape index (κ1) is 16.1. The second kappa shape index (κ2) is 6.67. The Balaban J connectivity index is 2.10. The molecule has 2 rings (SSSR count). The highest BCUT2D eigenvalue weighted by atomic mass is 16.5. The summed E-state index contributed by atoms with van der Waals surface area (Å²) in [6.45, 7) is 10.1. The zero-order valence-corrected chi connectivity index (χ0v) is 13.9. The van der Waals surface area contributed by atoms with Gasteiger partial charge in [0.15, 0.2) is 11.5 Å². The van der Waals surface area contributed by atoms with E-state index in [-0.39, 0.29) is 5.54 Å². The molecule has 0 bridgehead atoms. The topological polar surface area (TPSA) is 33.7 Å². The van der Waals surface area contributed by atoms with Crippen molar-refractivity contribution in [1.82, 2.24) is 10.2 Å². The van der Waals surface area contributed by atoms with Crippen LogP contribution < -0.4 is 14.8 Å². The first-order valence-corrected chi connectivity index (χ1v) is 7.66. The Morgan fingerprint density at radius 1 is 1.24 bits per heavy atom. The molecule has 0 saturated carbocycles. The van der Waals surface area contributed by atoms with Crippen LogP contribution in [0.3, 0.4) is 0 Å². The van der Waals surface area contributed by atoms with Crippen molar-refractivity contribution in [3.05, 3.63) is 23.8 Å². The van der Waals surface area contributed by atoms with Gasteiger partial charge < -0.3 is 14.8 Å². The van der Waals surface area contributed by atoms with Crippen LogP contribution in [0.25, 0.3) is 0 Å². The first-order chi connectivity index (χ1) is 9.97. The van der Waals surface area contributed by atoms with E-state index in [2.05, 4.69) is 43.1 Å². The fraction of sp³-hybridized carbons (Fsp3) is 0.647. The van der Waals surface area contributed by atoms with E-state index in [0.717, 1.165) is 37.6 Å². The van der Waals surface area contributed by atoms with Gasteiger partial charge >= 0.3 is 0 Å². The summed E-state index contributed by atoms with van der Waals surface area (Å²) in [7, 11) is 3.36. The second-order valence-electron chi connectivity index (χ2n) is 6.43. The van der Waals surface area contributed by atoms with Crippen LogP contribution in [-0.4, -0.2) is 50.3 Å². The summed E-state index contributed by atoms with van der Waals surface area (Å²) in [5, 5.41) is 3.48. The van der Waals surface area contributed by atoms with Gasteiger partial charge in [-0.25, -0.2) is 0 Å². The molecule has 1 fully saturated rings. The molecule has 1 heterocycles. The average molecular weight is 292 g/mol. The van der Waals surface area contributed by atoms with Crippen LogP contribution >= 0.6 is 0 Å². The van der Waals surface area contributed by atoms with Gasteiger partial charge in [-0.15, -0.1) is 0 Å². The molecule has 1 aliphatic rings. The number of hydrogen-bond acceptors (Lipinski definition) is 4. The van der Waals surface area contributed by atoms with Crippen LogP contribution in [0.4, 0.5) is 0 Å². The standard InChI is InChI=1S/C17H28N2O2/c1-13(19-9-8-18-12-17(19,2)3)10-14-6-7-15(20-4)16(11-14)21-5/h6-7,11,13,18H,8-10,12H2,1-5H3. The Bertz CT molecular complexity index is 474. The average Bonchev–Trinajstić information content (AvgIpc) is 2.46. The normalized spacial score (nSPS) is 20.0. The molecule has 1 saturated heterocycles. The molecule has 1 aliphatic heterocycles. The Morgan fingerprint density at radius 2 is 1.95 bits per heavy atom. The van der Waals surface area contributed by atoms with Crippen molar-refractivity contribution >= 4 is 0 Å². The molecule has 0 spiro atoms. The summed E-state index contributed by atoms with van der Waals surface area (Å²) in [5.74, 6) is 1.60. The lowest BCUT2D eigenvalue weighted by atomic mass is 9.95. The smallest absolute Gasteiger partial charge is 0.160 e. The monoisotopic (exact) mass is 292 g/mol. The van der Waals surface area contributed by atoms with Crippen molar-refractivity contribution in [3.63, 3.8) is 0 Å². The Labute approximate surface area is 128 Å². The second-order valence-corrected chi connectivity index (χ2v) is 6.43. The molecule has 0 aromatic heterocycles. The highest BCUT2D eigenvalue weighted by Gasteiger charge is 2.32. The van der Waals surface area contributed by atoms with E-state index < -0.39 is 0 Å². The number of piperazine rings is 1. The lowest BCUT2D eigenvalue weighted by Crippen LogP contribution is -2.60. The number of hydrogen-bond donors (Lipinski definition) is 1. The molecule has 4 nitrogen and oxygen atoms in total. The van der Waals surface area contributed by atoms with E-state index >= 15 is 0 Å². The van der Waals surface area contributed by atoms with Gasteiger partial charge in [0.1, 0.15) is 0 Å². The van der Waals surface area contributed by atoms with Gasteiger partial charge in [0, 0.05) is 31.2 Å². The summed E-state index contributed by atoms with van der Waals surface area (Å²) in [6.07, 6.45) is 1.02. The lowest BCUT2D eigenvalue weighted by Gasteiger charge is -2.46. The van der Waals surface area contributed by atoms with Gasteiger partial charge in [0.25, 0.3) is 0 Å². The maximum Gasteiger partial charge on any atom is 0.160 e. The van der Waals surface area contributed by atoms with E-state index in [1.807, 2.05) is 6.07 Å². The number of benzene rings is 1. The molecule has 1 aromatic carbocycles. The Morgan fingerprint density at radius 3 is 2.57 bits per heavy atom. The number of nitrogens with zero attached hydrogens (tertiary/aromatic N) is 1. The number of nitrogens with one attached hydrogen (secondary N) is 1. The fourth-order valence-electron chi connectivity index (χ4n) is 3.27. The molecular formula is C17H28N2O2. The van der Waals surface area contributed by atoms with E-state index in [1.165, 1.54) is 5.56 Å². The largest absolute Gasteiger partial charge is 0.493 e. The highest BCUT2D eigenvalue weighted by molar-refractivity contribution is 5.43. The van der Waals surface area contributed by atoms with Gasteiger partial charge in [-0.3, -0.25) is 4.90 Å². The zero-order valence-electron chi connectivity index (χ0n) is 13.9. The van der Waals surface area contributed by atoms with Gasteiger partial charge in [0.05, 0.1) is 14.2 Å². The fourth-order valence-corrected chi connectivity index (χ4v) is 3.27. The van der Waals surface area contributed by atoms with E-state index in [9.17, 15) is 0 Å². The lowest BCUT2D eigenvalue weighted by molar-refractivity contribution is 0.0522. The first-order valence-electron chi connectivity index (χ1n) is 7.66. The third-order valence-electron chi connectivity index (χ3n) is 4.38. The maximum atomic E-state index is 5.40. The minimum Gasteiger partial charge on any atom is -0.493 e. The molecule has 118 valence electrons. The Kier molecular flexibility index (Phi) is 5.12. The molecule has 1 aromatic rings. The van der Waals surface area contributed by atoms with Gasteiger partial charge in [-0.05, 0) is 44.9 Å². The summed E-state index contributed by atoms with van der Waals surface area (Å²) < 4.78 is 10.7. The van der Waals surface area contributed by atoms with Crippen LogP contribution in [0.2, 0.25) is 0 Å². The molecule has 1 N–H and O–H groups in total. The van der Waals surface area contributed by atoms with Crippen LogP contribution in [-0.2, 0) is 6.42 Å². The number of ether oxygens (including phenoxy) is 2. The van der Waals surface area contributed by atoms with Crippen LogP contribution in [0, 0.1) is 0 Å². The van der Waals surface area contributed by atoms with Crippen molar-refractivity contribution in [2.75, 3.05) is 33.9 Å². The summed E-state index contributed by atoms with van der Waals surface area (Å²) >= 11 is 0. The molecule has 4 heteroatoms. The van der Waals surface area contributed by atoms with Crippen LogP contribution in [0.15, 0.2) is 18.2 Å². The summed E-state index contributed by atoms with van der Waals surface area (Å²) in [5.41, 5.74) is 1.49. The zero-order chi connectivity index (χ0) is 15.5. The van der Waals surface area contributed by atoms with E-state index in [4.69, 9.17) is 9.47 Å². The van der Waals surface area contributed by atoms with E-state index in [1.54, 1.807) is 14.2 Å². The van der Waals surface area contributed by atoms with E-state index in [0.29, 0.717) is 6.04 Å². The highest BCUT2D eigenvalue weighted by Crippen LogP contribution is 2.29. The predicted octanol–water partition coefficient (Wildman–Crippen LogP) is 2.32. The Hall–Kier alpha value is -1.26. The molecule has 1 atom stereocenters. The third kappa shape index (κ3) is 3.69. The molecule has 0 aliphatic carbocycles.